The van der Waals surface area contributed by atoms with Crippen LogP contribution in [0.2, 0.25) is 0 Å². The number of nitrogens with one attached hydrogen (secondary N) is 2. The van der Waals surface area contributed by atoms with Gasteiger partial charge in [-0.3, -0.25) is 4.79 Å². The van der Waals surface area contributed by atoms with E-state index in [1.54, 1.807) is 0 Å². The van der Waals surface area contributed by atoms with E-state index in [-0.39, 0.29) is 19.6 Å². The predicted molar refractivity (Wildman–Crippen MR) is 82.3 cm³/mol. The highest BCUT2D eigenvalue weighted by Gasteiger charge is 2.16. The minimum atomic E-state index is -1.16. The van der Waals surface area contributed by atoms with Crippen LogP contribution in [0.25, 0.3) is 0 Å². The van der Waals surface area contributed by atoms with Gasteiger partial charge in [0.25, 0.3) is 0 Å². The van der Waals surface area contributed by atoms with Gasteiger partial charge in [-0.2, -0.15) is 0 Å². The molecule has 3 N–H and O–H groups in total. The van der Waals surface area contributed by atoms with E-state index in [0.717, 1.165) is 5.56 Å². The summed E-state index contributed by atoms with van der Waals surface area (Å²) in [6.45, 7) is 1.41. The van der Waals surface area contributed by atoms with E-state index in [9.17, 15) is 14.4 Å². The number of hydrogen-bond donors (Lipinski definition) is 3. The molecule has 2 amide bonds. The second-order valence-electron chi connectivity index (χ2n) is 4.56. The predicted octanol–water partition coefficient (Wildman–Crippen LogP) is 0.896. The largest absolute Gasteiger partial charge is 0.480 e. The lowest BCUT2D eigenvalue weighted by atomic mass is 10.2. The highest BCUT2D eigenvalue weighted by Crippen LogP contribution is 2.00. The van der Waals surface area contributed by atoms with Gasteiger partial charge in [-0.15, -0.1) is 0 Å². The maximum absolute atomic E-state index is 11.4. The van der Waals surface area contributed by atoms with Crippen molar-refractivity contribution in [1.29, 1.82) is 0 Å². The summed E-state index contributed by atoms with van der Waals surface area (Å²) in [4.78, 5) is 33.1. The van der Waals surface area contributed by atoms with Gasteiger partial charge in [-0.05, 0) is 5.56 Å². The molecular weight excluding hydrogens is 300 g/mol. The van der Waals surface area contributed by atoms with Crippen molar-refractivity contribution in [3.05, 3.63) is 35.9 Å². The fraction of sp³-hybridized carbons (Fsp3) is 0.312. The Morgan fingerprint density at radius 3 is 2.52 bits per heavy atom. The molecule has 0 spiro atoms. The quantitative estimate of drug-likeness (QED) is 0.676. The number of alkyl carbamates (subject to hydrolysis) is 1. The Hall–Kier alpha value is -3.01. The first-order valence-electron chi connectivity index (χ1n) is 6.89. The molecule has 0 radical (unpaired) electrons. The van der Waals surface area contributed by atoms with Gasteiger partial charge < -0.3 is 20.5 Å². The Labute approximate surface area is 134 Å². The van der Waals surface area contributed by atoms with Gasteiger partial charge in [0.05, 0.1) is 6.54 Å². The summed E-state index contributed by atoms with van der Waals surface area (Å²) in [5.41, 5.74) is 0.869. The second-order valence-corrected chi connectivity index (χ2v) is 4.56. The van der Waals surface area contributed by atoms with Crippen LogP contribution in [0.1, 0.15) is 18.9 Å². The zero-order valence-corrected chi connectivity index (χ0v) is 12.7. The number of carboxylic acids is 1. The Kier molecular flexibility index (Phi) is 7.72. The number of amides is 2. The van der Waals surface area contributed by atoms with E-state index in [1.165, 1.54) is 6.92 Å². The smallest absolute Gasteiger partial charge is 0.408 e. The average Bonchev–Trinajstić information content (AvgIpc) is 2.52. The van der Waals surface area contributed by atoms with Crippen molar-refractivity contribution >= 4 is 18.0 Å². The zero-order valence-electron chi connectivity index (χ0n) is 12.7. The first-order valence-corrected chi connectivity index (χ1v) is 6.89. The van der Waals surface area contributed by atoms with E-state index in [0.29, 0.717) is 0 Å². The maximum Gasteiger partial charge on any atom is 0.408 e. The minimum Gasteiger partial charge on any atom is -0.480 e. The van der Waals surface area contributed by atoms with Crippen LogP contribution in [0.4, 0.5) is 4.79 Å². The number of aliphatic carboxylic acids is 1. The highest BCUT2D eigenvalue weighted by atomic mass is 16.5. The standard InChI is InChI=1S/C16H18N2O5/c1-12(19)18-14(15(20)21)9-5-6-10-17-16(22)23-11-13-7-3-2-4-8-13/h2-4,7-8,14H,9-11H2,1H3,(H,17,22)(H,18,19)(H,20,21). The molecule has 23 heavy (non-hydrogen) atoms. The lowest BCUT2D eigenvalue weighted by molar-refractivity contribution is -0.141. The van der Waals surface area contributed by atoms with Gasteiger partial charge in [0.15, 0.2) is 0 Å². The topological polar surface area (TPSA) is 105 Å². The molecule has 122 valence electrons. The van der Waals surface area contributed by atoms with Crippen LogP contribution in [0.15, 0.2) is 30.3 Å². The van der Waals surface area contributed by atoms with E-state index in [2.05, 4.69) is 22.5 Å². The molecule has 0 aromatic heterocycles. The number of rotatable bonds is 6. The molecule has 1 unspecified atom stereocenters. The van der Waals surface area contributed by atoms with Crippen LogP contribution in [-0.4, -0.2) is 35.7 Å². The lowest BCUT2D eigenvalue weighted by Gasteiger charge is -2.08. The fourth-order valence-corrected chi connectivity index (χ4v) is 1.57. The Balaban J connectivity index is 2.26. The SMILES string of the molecule is CC(=O)NC(CC#CCNC(=O)OCc1ccccc1)C(=O)O. The number of hydrogen-bond acceptors (Lipinski definition) is 4. The second kappa shape index (κ2) is 9.84. The Morgan fingerprint density at radius 2 is 1.91 bits per heavy atom. The number of ether oxygens (including phenoxy) is 1. The summed E-state index contributed by atoms with van der Waals surface area (Å²) in [7, 11) is 0. The summed E-state index contributed by atoms with van der Waals surface area (Å²) in [5.74, 6) is 3.58. The molecule has 0 aliphatic carbocycles. The van der Waals surface area contributed by atoms with E-state index in [1.807, 2.05) is 30.3 Å². The summed E-state index contributed by atoms with van der Waals surface area (Å²) in [6, 6.07) is 8.16. The van der Waals surface area contributed by atoms with Crippen LogP contribution in [-0.2, 0) is 20.9 Å². The van der Waals surface area contributed by atoms with Gasteiger partial charge in [0.2, 0.25) is 5.91 Å². The summed E-state index contributed by atoms with van der Waals surface area (Å²) in [5, 5.41) is 13.6. The molecule has 0 fully saturated rings. The molecule has 1 aromatic rings. The van der Waals surface area contributed by atoms with E-state index in [4.69, 9.17) is 9.84 Å². The summed E-state index contributed by atoms with van der Waals surface area (Å²) >= 11 is 0. The molecule has 0 saturated heterocycles. The molecule has 7 nitrogen and oxygen atoms in total. The lowest BCUT2D eigenvalue weighted by Crippen LogP contribution is -2.39. The molecule has 1 aromatic carbocycles. The zero-order chi connectivity index (χ0) is 17.1. The third-order valence-electron chi connectivity index (χ3n) is 2.64. The fourth-order valence-electron chi connectivity index (χ4n) is 1.57. The van der Waals surface area contributed by atoms with Gasteiger partial charge >= 0.3 is 12.1 Å². The minimum absolute atomic E-state index is 0.0278. The number of benzene rings is 1. The maximum atomic E-state index is 11.4. The van der Waals surface area contributed by atoms with Crippen molar-refractivity contribution in [3.63, 3.8) is 0 Å². The van der Waals surface area contributed by atoms with Crippen molar-refractivity contribution in [2.75, 3.05) is 6.54 Å². The number of carbonyl (C=O) groups excluding carboxylic acids is 2. The number of carbonyl (C=O) groups is 3. The normalized spacial score (nSPS) is 10.7. The molecule has 0 aliphatic rings. The molecule has 1 atom stereocenters. The van der Waals surface area contributed by atoms with Gasteiger partial charge in [0.1, 0.15) is 12.6 Å². The van der Waals surface area contributed by atoms with Crippen LogP contribution in [0, 0.1) is 11.8 Å². The van der Waals surface area contributed by atoms with Crippen LogP contribution < -0.4 is 10.6 Å². The van der Waals surface area contributed by atoms with E-state index < -0.39 is 24.0 Å². The third-order valence-corrected chi connectivity index (χ3v) is 2.64. The molecule has 0 saturated carbocycles. The van der Waals surface area contributed by atoms with Gasteiger partial charge in [-0.25, -0.2) is 9.59 Å². The number of carboxylic acid groups (broad SMARTS) is 1. The Bertz CT molecular complexity index is 604. The molecule has 7 heteroatoms. The van der Waals surface area contributed by atoms with Crippen molar-refractivity contribution in [3.8, 4) is 11.8 Å². The first kappa shape index (κ1) is 18.0. The Morgan fingerprint density at radius 1 is 1.22 bits per heavy atom. The van der Waals surface area contributed by atoms with Crippen molar-refractivity contribution in [2.45, 2.75) is 26.0 Å². The van der Waals surface area contributed by atoms with Crippen molar-refractivity contribution in [1.82, 2.24) is 10.6 Å². The summed E-state index contributed by atoms with van der Waals surface area (Å²) < 4.78 is 4.98. The van der Waals surface area contributed by atoms with Gasteiger partial charge in [-0.1, -0.05) is 42.2 Å². The molecule has 1 rings (SSSR count). The van der Waals surface area contributed by atoms with Crippen molar-refractivity contribution < 1.29 is 24.2 Å². The van der Waals surface area contributed by atoms with Crippen molar-refractivity contribution in [2.24, 2.45) is 0 Å². The summed E-state index contributed by atoms with van der Waals surface area (Å²) in [6.07, 6.45) is -0.657. The van der Waals surface area contributed by atoms with E-state index >= 15 is 0 Å². The van der Waals surface area contributed by atoms with Crippen LogP contribution >= 0.6 is 0 Å². The highest BCUT2D eigenvalue weighted by molar-refractivity contribution is 5.82. The molecule has 0 aliphatic heterocycles. The van der Waals surface area contributed by atoms with Crippen LogP contribution in [0.5, 0.6) is 0 Å². The first-order chi connectivity index (χ1) is 11.0. The monoisotopic (exact) mass is 318 g/mol. The molecule has 0 heterocycles. The molecule has 0 bridgehead atoms. The average molecular weight is 318 g/mol. The molecular formula is C16H18N2O5. The third kappa shape index (κ3) is 8.12. The van der Waals surface area contributed by atoms with Gasteiger partial charge in [0, 0.05) is 13.3 Å². The van der Waals surface area contributed by atoms with Crippen LogP contribution in [0.3, 0.4) is 0 Å².